The molecule has 1 fully saturated rings. The smallest absolute Gasteiger partial charge is 0.332 e. The average Bonchev–Trinajstić information content (AvgIpc) is 3.29. The van der Waals surface area contributed by atoms with Crippen LogP contribution >= 0.6 is 0 Å². The Bertz CT molecular complexity index is 846. The van der Waals surface area contributed by atoms with Gasteiger partial charge in [0, 0.05) is 17.4 Å². The van der Waals surface area contributed by atoms with Gasteiger partial charge < -0.3 is 10.1 Å². The summed E-state index contributed by atoms with van der Waals surface area (Å²) in [5, 5.41) is 3.07. The number of ether oxygens (including phenoxy) is 1. The molecule has 2 aromatic carbocycles. The fourth-order valence-electron chi connectivity index (χ4n) is 4.57. The fourth-order valence-corrected chi connectivity index (χ4v) is 4.57. The van der Waals surface area contributed by atoms with Gasteiger partial charge in [0.2, 0.25) is 0 Å². The van der Waals surface area contributed by atoms with Crippen LogP contribution in [0.25, 0.3) is 0 Å². The van der Waals surface area contributed by atoms with Crippen molar-refractivity contribution >= 4 is 11.9 Å². The maximum Gasteiger partial charge on any atom is 0.332 e. The number of hydrogen-bond donors (Lipinski definition) is 1. The molecule has 0 unspecified atom stereocenters. The molecular weight excluding hydrogens is 326 g/mol. The number of hydrogen-bond acceptors (Lipinski definition) is 3. The molecule has 0 saturated heterocycles. The topological polar surface area (TPSA) is 55.4 Å². The number of fused-ring (bicyclic) bond motifs is 2. The van der Waals surface area contributed by atoms with E-state index < -0.39 is 5.54 Å². The molecule has 0 heterocycles. The van der Waals surface area contributed by atoms with Crippen molar-refractivity contribution in [2.45, 2.75) is 17.9 Å². The number of methoxy groups -OCH3 is 1. The maximum absolute atomic E-state index is 13.0. The Morgan fingerprint density at radius 3 is 2.31 bits per heavy atom. The van der Waals surface area contributed by atoms with Crippen molar-refractivity contribution in [3.8, 4) is 0 Å². The Labute approximate surface area is 152 Å². The number of amides is 1. The molecule has 4 rings (SSSR count). The normalized spacial score (nSPS) is 28.7. The Kier molecular flexibility index (Phi) is 4.11. The van der Waals surface area contributed by atoms with E-state index in [4.69, 9.17) is 4.74 Å². The van der Waals surface area contributed by atoms with Crippen LogP contribution in [-0.2, 0) is 9.53 Å². The van der Waals surface area contributed by atoms with Crippen molar-refractivity contribution in [2.75, 3.05) is 7.11 Å². The highest BCUT2D eigenvalue weighted by molar-refractivity contribution is 5.99. The van der Waals surface area contributed by atoms with Crippen molar-refractivity contribution in [3.63, 3.8) is 0 Å². The van der Waals surface area contributed by atoms with Crippen LogP contribution in [0.15, 0.2) is 72.8 Å². The SMILES string of the molecule is COC(=O)[C@@]1(NC(=O)c2ccccc2)[C@H](c2ccccc2)[C@@H]2C=C[C@H]1C2. The van der Waals surface area contributed by atoms with Gasteiger partial charge in [0.1, 0.15) is 0 Å². The Balaban J connectivity index is 1.79. The van der Waals surface area contributed by atoms with Gasteiger partial charge in [0.05, 0.1) is 7.11 Å². The number of nitrogens with one attached hydrogen (secondary N) is 1. The van der Waals surface area contributed by atoms with Gasteiger partial charge in [0.25, 0.3) is 5.91 Å². The summed E-state index contributed by atoms with van der Waals surface area (Å²) >= 11 is 0. The second-order valence-corrected chi connectivity index (χ2v) is 6.96. The van der Waals surface area contributed by atoms with E-state index in [0.717, 1.165) is 12.0 Å². The molecule has 0 radical (unpaired) electrons. The number of rotatable bonds is 4. The van der Waals surface area contributed by atoms with E-state index in [-0.39, 0.29) is 29.6 Å². The lowest BCUT2D eigenvalue weighted by molar-refractivity contribution is -0.150. The summed E-state index contributed by atoms with van der Waals surface area (Å²) in [5.41, 5.74) is 0.500. The standard InChI is InChI=1S/C22H21NO3/c1-26-21(25)22(23-20(24)16-10-6-3-7-11-16)18-13-12-17(14-18)19(22)15-8-4-2-5-9-15/h2-13,17-19H,14H2,1H3,(H,23,24)/t17-,18+,19-,22+/m1/s1. The average molecular weight is 347 g/mol. The first-order chi connectivity index (χ1) is 12.7. The molecule has 0 spiro atoms. The lowest BCUT2D eigenvalue weighted by atomic mass is 9.72. The van der Waals surface area contributed by atoms with E-state index >= 15 is 0 Å². The molecule has 4 nitrogen and oxygen atoms in total. The van der Waals surface area contributed by atoms with E-state index in [1.54, 1.807) is 12.1 Å². The molecule has 26 heavy (non-hydrogen) atoms. The summed E-state index contributed by atoms with van der Waals surface area (Å²) < 4.78 is 5.19. The minimum Gasteiger partial charge on any atom is -0.467 e. The Hall–Kier alpha value is -2.88. The van der Waals surface area contributed by atoms with Gasteiger partial charge in [-0.3, -0.25) is 4.79 Å². The zero-order chi connectivity index (χ0) is 18.1. The number of carbonyl (C=O) groups is 2. The first-order valence-electron chi connectivity index (χ1n) is 8.86. The molecule has 1 amide bonds. The minimum absolute atomic E-state index is 0.0715. The third-order valence-electron chi connectivity index (χ3n) is 5.66. The summed E-state index contributed by atoms with van der Waals surface area (Å²) in [6.45, 7) is 0. The number of carbonyl (C=O) groups excluding carboxylic acids is 2. The molecule has 0 aliphatic heterocycles. The van der Waals surface area contributed by atoms with Gasteiger partial charge in [0.15, 0.2) is 5.54 Å². The van der Waals surface area contributed by atoms with Crippen molar-refractivity contribution in [1.29, 1.82) is 0 Å². The first kappa shape index (κ1) is 16.6. The molecule has 2 aromatic rings. The molecule has 4 heteroatoms. The van der Waals surface area contributed by atoms with Crippen LogP contribution in [-0.4, -0.2) is 24.5 Å². The van der Waals surface area contributed by atoms with Crippen LogP contribution < -0.4 is 5.32 Å². The van der Waals surface area contributed by atoms with Crippen LogP contribution in [0.5, 0.6) is 0 Å². The highest BCUT2D eigenvalue weighted by Gasteiger charge is 2.62. The second kappa shape index (κ2) is 6.45. The van der Waals surface area contributed by atoms with Crippen LogP contribution in [0.3, 0.4) is 0 Å². The fraction of sp³-hybridized carbons (Fsp3) is 0.273. The lowest BCUT2D eigenvalue weighted by Crippen LogP contribution is -2.61. The third kappa shape index (κ3) is 2.45. The lowest BCUT2D eigenvalue weighted by Gasteiger charge is -2.40. The Morgan fingerprint density at radius 2 is 1.65 bits per heavy atom. The van der Waals surface area contributed by atoms with Crippen molar-refractivity contribution in [2.24, 2.45) is 11.8 Å². The van der Waals surface area contributed by atoms with E-state index in [1.165, 1.54) is 7.11 Å². The highest BCUT2D eigenvalue weighted by Crippen LogP contribution is 2.56. The zero-order valence-corrected chi connectivity index (χ0v) is 14.6. The summed E-state index contributed by atoms with van der Waals surface area (Å²) in [6.07, 6.45) is 5.05. The summed E-state index contributed by atoms with van der Waals surface area (Å²) in [5.74, 6) is -0.639. The monoisotopic (exact) mass is 347 g/mol. The number of allylic oxidation sites excluding steroid dienone is 1. The molecule has 1 saturated carbocycles. The van der Waals surface area contributed by atoms with Crippen LogP contribution in [0.2, 0.25) is 0 Å². The van der Waals surface area contributed by atoms with E-state index in [0.29, 0.717) is 5.56 Å². The second-order valence-electron chi connectivity index (χ2n) is 6.96. The van der Waals surface area contributed by atoms with Crippen LogP contribution in [0, 0.1) is 11.8 Å². The molecule has 2 aliphatic rings. The van der Waals surface area contributed by atoms with E-state index in [2.05, 4.69) is 11.4 Å². The van der Waals surface area contributed by atoms with E-state index in [1.807, 2.05) is 54.6 Å². The minimum atomic E-state index is -1.08. The number of benzene rings is 2. The Morgan fingerprint density at radius 1 is 1.00 bits per heavy atom. The first-order valence-corrected chi connectivity index (χ1v) is 8.86. The summed E-state index contributed by atoms with van der Waals surface area (Å²) in [7, 11) is 1.39. The molecule has 4 atom stereocenters. The predicted molar refractivity (Wildman–Crippen MR) is 98.6 cm³/mol. The molecule has 2 bridgehead atoms. The van der Waals surface area contributed by atoms with Crippen molar-refractivity contribution in [3.05, 3.63) is 83.9 Å². The highest BCUT2D eigenvalue weighted by atomic mass is 16.5. The quantitative estimate of drug-likeness (QED) is 0.682. The molecule has 132 valence electrons. The van der Waals surface area contributed by atoms with Gasteiger partial charge in [-0.05, 0) is 30.0 Å². The van der Waals surface area contributed by atoms with Crippen LogP contribution in [0.4, 0.5) is 0 Å². The largest absolute Gasteiger partial charge is 0.467 e. The zero-order valence-electron chi connectivity index (χ0n) is 14.6. The molecule has 2 aliphatic carbocycles. The van der Waals surface area contributed by atoms with Crippen molar-refractivity contribution in [1.82, 2.24) is 5.32 Å². The molecule has 0 aromatic heterocycles. The van der Waals surface area contributed by atoms with Gasteiger partial charge in [-0.2, -0.15) is 0 Å². The van der Waals surface area contributed by atoms with Gasteiger partial charge in [-0.15, -0.1) is 0 Å². The molecule has 1 N–H and O–H groups in total. The van der Waals surface area contributed by atoms with Gasteiger partial charge in [-0.25, -0.2) is 4.79 Å². The third-order valence-corrected chi connectivity index (χ3v) is 5.66. The van der Waals surface area contributed by atoms with Crippen molar-refractivity contribution < 1.29 is 14.3 Å². The maximum atomic E-state index is 13.0. The van der Waals surface area contributed by atoms with Gasteiger partial charge in [-0.1, -0.05) is 60.7 Å². The molecular formula is C22H21NO3. The van der Waals surface area contributed by atoms with E-state index in [9.17, 15) is 9.59 Å². The summed E-state index contributed by atoms with van der Waals surface area (Å²) in [4.78, 5) is 25.9. The number of esters is 1. The van der Waals surface area contributed by atoms with Gasteiger partial charge >= 0.3 is 5.97 Å². The summed E-state index contributed by atoms with van der Waals surface area (Å²) in [6, 6.07) is 18.9. The predicted octanol–water partition coefficient (Wildman–Crippen LogP) is 3.32. The van der Waals surface area contributed by atoms with Crippen LogP contribution in [0.1, 0.15) is 28.3 Å².